The summed E-state index contributed by atoms with van der Waals surface area (Å²) in [6.07, 6.45) is 2.13. The Labute approximate surface area is 189 Å². The number of hydrogen-bond acceptors (Lipinski definition) is 4. The van der Waals surface area contributed by atoms with Crippen molar-refractivity contribution < 1.29 is 13.2 Å². The monoisotopic (exact) mass is 451 g/mol. The molecule has 170 valence electrons. The lowest BCUT2D eigenvalue weighted by molar-refractivity contribution is -0.138. The van der Waals surface area contributed by atoms with E-state index in [1.54, 1.807) is 18.6 Å². The lowest BCUT2D eigenvalue weighted by Gasteiger charge is -2.22. The van der Waals surface area contributed by atoms with Gasteiger partial charge in [0.1, 0.15) is 12.1 Å². The largest absolute Gasteiger partial charge is 0.416 e. The maximum absolute atomic E-state index is 13.4. The molecule has 3 heterocycles. The van der Waals surface area contributed by atoms with E-state index >= 15 is 0 Å². The number of halogens is 3. The number of hydrogen-bond donors (Lipinski definition) is 2. The van der Waals surface area contributed by atoms with Crippen LogP contribution in [0.15, 0.2) is 55.0 Å². The quantitative estimate of drug-likeness (QED) is 0.414. The third-order valence-corrected chi connectivity index (χ3v) is 6.29. The molecule has 0 amide bonds. The van der Waals surface area contributed by atoms with Gasteiger partial charge in [0.15, 0.2) is 5.65 Å². The van der Waals surface area contributed by atoms with Gasteiger partial charge < -0.3 is 10.6 Å². The molecule has 2 N–H and O–H groups in total. The molecule has 1 aliphatic rings. The fraction of sp³-hybridized carbons (Fsp3) is 0.280. The Bertz CT molecular complexity index is 1370. The van der Waals surface area contributed by atoms with Gasteiger partial charge in [-0.1, -0.05) is 24.3 Å². The summed E-state index contributed by atoms with van der Waals surface area (Å²) in [5.41, 5.74) is 4.20. The summed E-state index contributed by atoms with van der Waals surface area (Å²) < 4.78 is 42.2. The van der Waals surface area contributed by atoms with Crippen molar-refractivity contribution in [1.82, 2.24) is 19.7 Å². The SMILES string of the molecule is Cc1c([C@@H](C)Nc2nc3cncn3c3ccc(C4=CCNCC4)cc23)cccc1C(F)(F)F. The van der Waals surface area contributed by atoms with Crippen molar-refractivity contribution in [2.75, 3.05) is 18.4 Å². The highest BCUT2D eigenvalue weighted by Crippen LogP contribution is 2.36. The van der Waals surface area contributed by atoms with Gasteiger partial charge in [0, 0.05) is 11.9 Å². The van der Waals surface area contributed by atoms with Gasteiger partial charge in [0.2, 0.25) is 0 Å². The number of benzene rings is 2. The van der Waals surface area contributed by atoms with E-state index in [9.17, 15) is 13.2 Å². The van der Waals surface area contributed by atoms with Crippen molar-refractivity contribution in [3.8, 4) is 0 Å². The number of aromatic nitrogens is 3. The van der Waals surface area contributed by atoms with E-state index in [1.807, 2.05) is 11.3 Å². The van der Waals surface area contributed by atoms with E-state index in [0.29, 0.717) is 17.0 Å². The minimum absolute atomic E-state index is 0.222. The van der Waals surface area contributed by atoms with E-state index in [1.165, 1.54) is 18.6 Å². The molecule has 0 bridgehead atoms. The first-order chi connectivity index (χ1) is 15.8. The molecule has 1 aliphatic heterocycles. The van der Waals surface area contributed by atoms with Crippen molar-refractivity contribution in [2.45, 2.75) is 32.5 Å². The van der Waals surface area contributed by atoms with E-state index < -0.39 is 11.7 Å². The molecule has 0 saturated carbocycles. The summed E-state index contributed by atoms with van der Waals surface area (Å²) in [6, 6.07) is 10.2. The zero-order chi connectivity index (χ0) is 23.2. The molecule has 5 nitrogen and oxygen atoms in total. The van der Waals surface area contributed by atoms with Gasteiger partial charge >= 0.3 is 6.18 Å². The molecule has 2 aromatic carbocycles. The van der Waals surface area contributed by atoms with Gasteiger partial charge in [-0.3, -0.25) is 4.40 Å². The molecule has 0 radical (unpaired) electrons. The summed E-state index contributed by atoms with van der Waals surface area (Å²) >= 11 is 0. The maximum atomic E-state index is 13.4. The highest BCUT2D eigenvalue weighted by Gasteiger charge is 2.33. The van der Waals surface area contributed by atoms with Crippen molar-refractivity contribution in [1.29, 1.82) is 0 Å². The first-order valence-corrected chi connectivity index (χ1v) is 10.9. The number of nitrogens with one attached hydrogen (secondary N) is 2. The molecule has 0 spiro atoms. The topological polar surface area (TPSA) is 54.2 Å². The van der Waals surface area contributed by atoms with Crippen LogP contribution in [-0.4, -0.2) is 27.5 Å². The molecular weight excluding hydrogens is 427 g/mol. The Morgan fingerprint density at radius 1 is 1.18 bits per heavy atom. The summed E-state index contributed by atoms with van der Waals surface area (Å²) in [5.74, 6) is 0.624. The number of alkyl halides is 3. The molecule has 8 heteroatoms. The minimum atomic E-state index is -4.39. The highest BCUT2D eigenvalue weighted by atomic mass is 19.4. The number of fused-ring (bicyclic) bond motifs is 3. The van der Waals surface area contributed by atoms with Gasteiger partial charge in [-0.2, -0.15) is 13.2 Å². The number of imidazole rings is 1. The minimum Gasteiger partial charge on any atom is -0.363 e. The molecule has 4 aromatic rings. The van der Waals surface area contributed by atoms with Crippen molar-refractivity contribution in [3.63, 3.8) is 0 Å². The average molecular weight is 451 g/mol. The van der Waals surface area contributed by atoms with Crippen LogP contribution < -0.4 is 10.6 Å². The van der Waals surface area contributed by atoms with Crippen LogP contribution in [0.1, 0.15) is 41.6 Å². The molecule has 0 unspecified atom stereocenters. The fourth-order valence-corrected chi connectivity index (χ4v) is 4.57. The summed E-state index contributed by atoms with van der Waals surface area (Å²) in [5, 5.41) is 7.60. The van der Waals surface area contributed by atoms with Crippen LogP contribution in [0.2, 0.25) is 0 Å². The highest BCUT2D eigenvalue weighted by molar-refractivity contribution is 5.94. The zero-order valence-electron chi connectivity index (χ0n) is 18.4. The predicted molar refractivity (Wildman–Crippen MR) is 124 cm³/mol. The third-order valence-electron chi connectivity index (χ3n) is 6.29. The van der Waals surface area contributed by atoms with Crippen LogP contribution in [0.5, 0.6) is 0 Å². The summed E-state index contributed by atoms with van der Waals surface area (Å²) in [6.45, 7) is 5.14. The van der Waals surface area contributed by atoms with Crippen LogP contribution in [0.3, 0.4) is 0 Å². The van der Waals surface area contributed by atoms with Crippen LogP contribution in [0.4, 0.5) is 19.0 Å². The van der Waals surface area contributed by atoms with Gasteiger partial charge in [0.05, 0.1) is 23.3 Å². The van der Waals surface area contributed by atoms with Crippen LogP contribution in [-0.2, 0) is 6.18 Å². The summed E-state index contributed by atoms with van der Waals surface area (Å²) in [7, 11) is 0. The second-order valence-electron chi connectivity index (χ2n) is 8.38. The lowest BCUT2D eigenvalue weighted by atomic mass is 9.96. The Hall–Kier alpha value is -3.39. The standard InChI is InChI=1S/C25H24F3N5/c1-15-19(4-3-5-21(15)25(26,27)28)16(2)31-24-20-12-18(17-8-10-29-11-9-17)6-7-22(20)33-14-30-13-23(33)32-24/h3-8,12-14,16,29H,9-11H2,1-2H3,(H,31,32)/t16-/m1/s1. The molecule has 0 saturated heterocycles. The van der Waals surface area contributed by atoms with Crippen molar-refractivity contribution in [2.24, 2.45) is 0 Å². The Morgan fingerprint density at radius 3 is 2.79 bits per heavy atom. The maximum Gasteiger partial charge on any atom is 0.416 e. The van der Waals surface area contributed by atoms with Crippen molar-refractivity contribution >= 4 is 27.9 Å². The smallest absolute Gasteiger partial charge is 0.363 e. The lowest BCUT2D eigenvalue weighted by Crippen LogP contribution is -2.20. The molecule has 0 fully saturated rings. The molecule has 0 aliphatic carbocycles. The van der Waals surface area contributed by atoms with Crippen LogP contribution in [0, 0.1) is 6.92 Å². The first-order valence-electron chi connectivity index (χ1n) is 10.9. The Morgan fingerprint density at radius 2 is 2.03 bits per heavy atom. The molecule has 2 aromatic heterocycles. The third kappa shape index (κ3) is 3.95. The van der Waals surface area contributed by atoms with E-state index in [0.717, 1.165) is 42.0 Å². The second kappa shape index (κ2) is 8.19. The van der Waals surface area contributed by atoms with Gasteiger partial charge in [0.25, 0.3) is 0 Å². The number of rotatable bonds is 4. The number of nitrogens with zero attached hydrogens (tertiary/aromatic N) is 3. The Kier molecular flexibility index (Phi) is 5.32. The second-order valence-corrected chi connectivity index (χ2v) is 8.38. The van der Waals surface area contributed by atoms with E-state index in [-0.39, 0.29) is 11.6 Å². The average Bonchev–Trinajstić information content (AvgIpc) is 3.27. The molecule has 33 heavy (non-hydrogen) atoms. The molecule has 1 atom stereocenters. The van der Waals surface area contributed by atoms with Gasteiger partial charge in [-0.15, -0.1) is 0 Å². The number of anilines is 1. The molecule has 5 rings (SSSR count). The first kappa shape index (κ1) is 21.5. The normalized spacial score (nSPS) is 15.6. The van der Waals surface area contributed by atoms with Crippen molar-refractivity contribution in [3.05, 3.63) is 77.3 Å². The van der Waals surface area contributed by atoms with E-state index in [4.69, 9.17) is 4.98 Å². The zero-order valence-corrected chi connectivity index (χ0v) is 18.4. The Balaban J connectivity index is 1.60. The molecular formula is C25H24F3N5. The predicted octanol–water partition coefficient (Wildman–Crippen LogP) is 5.76. The van der Waals surface area contributed by atoms with Gasteiger partial charge in [-0.25, -0.2) is 9.97 Å². The fourth-order valence-electron chi connectivity index (χ4n) is 4.57. The van der Waals surface area contributed by atoms with E-state index in [2.05, 4.69) is 39.9 Å². The van der Waals surface area contributed by atoms with Gasteiger partial charge in [-0.05, 0) is 67.3 Å². The van der Waals surface area contributed by atoms with Crippen LogP contribution in [0.25, 0.3) is 22.1 Å². The van der Waals surface area contributed by atoms with Crippen LogP contribution >= 0.6 is 0 Å². The summed E-state index contributed by atoms with van der Waals surface area (Å²) in [4.78, 5) is 8.97.